The maximum absolute atomic E-state index is 13.0. The van der Waals surface area contributed by atoms with E-state index >= 15 is 0 Å². The van der Waals surface area contributed by atoms with Gasteiger partial charge in [0.25, 0.3) is 5.91 Å². The molecule has 0 aliphatic carbocycles. The molecule has 0 radical (unpaired) electrons. The summed E-state index contributed by atoms with van der Waals surface area (Å²) in [6, 6.07) is 2.27. The van der Waals surface area contributed by atoms with Gasteiger partial charge in [-0.1, -0.05) is 0 Å². The fourth-order valence-corrected chi connectivity index (χ4v) is 4.86. The fraction of sp³-hybridized carbons (Fsp3) is 0.455. The molecule has 1 N–H and O–H groups in total. The van der Waals surface area contributed by atoms with E-state index in [2.05, 4.69) is 5.32 Å². The van der Waals surface area contributed by atoms with E-state index in [1.54, 1.807) is 25.3 Å². The van der Waals surface area contributed by atoms with E-state index in [0.717, 1.165) is 4.90 Å². The van der Waals surface area contributed by atoms with Crippen molar-refractivity contribution in [3.8, 4) is 0 Å². The molecule has 1 aromatic rings. The van der Waals surface area contributed by atoms with Crippen molar-refractivity contribution in [1.29, 1.82) is 0 Å². The van der Waals surface area contributed by atoms with Crippen LogP contribution in [0.5, 0.6) is 0 Å². The zero-order valence-electron chi connectivity index (χ0n) is 19.9. The zero-order valence-corrected chi connectivity index (χ0v) is 20.7. The van der Waals surface area contributed by atoms with Gasteiger partial charge < -0.3 is 24.1 Å². The van der Waals surface area contributed by atoms with Crippen molar-refractivity contribution in [2.75, 3.05) is 32.7 Å². The van der Waals surface area contributed by atoms with Crippen LogP contribution in [0, 0.1) is 0 Å². The number of aromatic nitrogens is 1. The number of hydrogen-bond donors (Lipinski definition) is 1. The number of nitrogens with one attached hydrogen (secondary N) is 1. The zero-order chi connectivity index (χ0) is 26.4. The summed E-state index contributed by atoms with van der Waals surface area (Å²) in [6.07, 6.45) is 1.49. The van der Waals surface area contributed by atoms with Crippen LogP contribution < -0.4 is 5.32 Å². The van der Waals surface area contributed by atoms with Gasteiger partial charge in [-0.15, -0.1) is 11.8 Å². The van der Waals surface area contributed by atoms with Gasteiger partial charge in [0.05, 0.1) is 12.3 Å². The Hall–Kier alpha value is -3.81. The lowest BCUT2D eigenvalue weighted by Gasteiger charge is -2.49. The van der Waals surface area contributed by atoms with Crippen molar-refractivity contribution in [1.82, 2.24) is 19.7 Å². The number of esters is 2. The van der Waals surface area contributed by atoms with Gasteiger partial charge in [0, 0.05) is 31.5 Å². The summed E-state index contributed by atoms with van der Waals surface area (Å²) in [5, 5.41) is 2.05. The number of amides is 3. The summed E-state index contributed by atoms with van der Waals surface area (Å²) in [6.45, 7) is 2.17. The van der Waals surface area contributed by atoms with Crippen LogP contribution in [0.4, 0.5) is 4.79 Å². The van der Waals surface area contributed by atoms with Crippen LogP contribution in [-0.4, -0.2) is 94.7 Å². The Balaban J connectivity index is 1.71. The Morgan fingerprint density at radius 2 is 2.00 bits per heavy atom. The maximum atomic E-state index is 13.0. The Labute approximate surface area is 210 Å². The van der Waals surface area contributed by atoms with Crippen molar-refractivity contribution < 1.29 is 43.0 Å². The quantitative estimate of drug-likeness (QED) is 0.147. The summed E-state index contributed by atoms with van der Waals surface area (Å²) in [5.74, 6) is -2.25. The monoisotopic (exact) mass is 522 g/mol. The summed E-state index contributed by atoms with van der Waals surface area (Å²) in [5.41, 5.74) is 0.576. The summed E-state index contributed by atoms with van der Waals surface area (Å²) in [4.78, 5) is 74.8. The van der Waals surface area contributed by atoms with Crippen molar-refractivity contribution in [3.63, 3.8) is 0 Å². The van der Waals surface area contributed by atoms with E-state index < -0.39 is 48.0 Å². The second kappa shape index (κ2) is 11.7. The van der Waals surface area contributed by atoms with Crippen molar-refractivity contribution in [2.45, 2.75) is 31.8 Å². The highest BCUT2D eigenvalue weighted by Crippen LogP contribution is 2.40. The number of nitrogens with zero attached hydrogens (tertiary/aromatic N) is 3. The second-order valence-electron chi connectivity index (χ2n) is 7.82. The fourth-order valence-electron chi connectivity index (χ4n) is 3.53. The summed E-state index contributed by atoms with van der Waals surface area (Å²) >= 11 is 1.29. The van der Waals surface area contributed by atoms with E-state index in [9.17, 15) is 28.8 Å². The van der Waals surface area contributed by atoms with E-state index in [1.807, 2.05) is 0 Å². The minimum atomic E-state index is -0.905. The van der Waals surface area contributed by atoms with Crippen LogP contribution in [0.1, 0.15) is 24.3 Å². The smallest absolute Gasteiger partial charge is 0.412 e. The lowest BCUT2D eigenvalue weighted by molar-refractivity contribution is -0.154. The number of carbonyl (C=O) groups excluding carboxylic acids is 6. The van der Waals surface area contributed by atoms with Gasteiger partial charge in [0.15, 0.2) is 13.0 Å². The Morgan fingerprint density at radius 1 is 1.25 bits per heavy atom. The van der Waals surface area contributed by atoms with Crippen LogP contribution in [0.25, 0.3) is 0 Å². The molecule has 2 unspecified atom stereocenters. The number of thioether (sulfide) groups is 1. The third-order valence-corrected chi connectivity index (χ3v) is 6.61. The van der Waals surface area contributed by atoms with Gasteiger partial charge >= 0.3 is 18.0 Å². The first-order chi connectivity index (χ1) is 17.2. The molecule has 3 amide bonds. The first kappa shape index (κ1) is 26.8. The molecule has 14 heteroatoms. The van der Waals surface area contributed by atoms with E-state index in [4.69, 9.17) is 14.2 Å². The number of fused-ring (bicyclic) bond motifs is 1. The molecule has 36 heavy (non-hydrogen) atoms. The van der Waals surface area contributed by atoms with Gasteiger partial charge in [-0.2, -0.15) is 0 Å². The lowest BCUT2D eigenvalue weighted by Crippen LogP contribution is -2.71. The molecule has 0 saturated carbocycles. The van der Waals surface area contributed by atoms with E-state index in [0.29, 0.717) is 17.6 Å². The molecule has 1 saturated heterocycles. The third kappa shape index (κ3) is 5.87. The molecular formula is C22H26N4O9S. The largest absolute Gasteiger partial charge is 0.461 e. The average Bonchev–Trinajstić information content (AvgIpc) is 3.30. The maximum Gasteiger partial charge on any atom is 0.412 e. The summed E-state index contributed by atoms with van der Waals surface area (Å²) < 4.78 is 16.5. The first-order valence-corrected chi connectivity index (χ1v) is 12.0. The molecule has 3 heterocycles. The number of aldehydes is 1. The molecule has 194 valence electrons. The predicted molar refractivity (Wildman–Crippen MR) is 124 cm³/mol. The van der Waals surface area contributed by atoms with Crippen LogP contribution in [0.2, 0.25) is 0 Å². The molecule has 2 aliphatic heterocycles. The molecule has 2 atom stereocenters. The van der Waals surface area contributed by atoms with Crippen molar-refractivity contribution in [3.05, 3.63) is 35.3 Å². The average molecular weight is 523 g/mol. The van der Waals surface area contributed by atoms with Gasteiger partial charge in [-0.05, 0) is 19.1 Å². The Kier molecular flexibility index (Phi) is 8.74. The van der Waals surface area contributed by atoms with Gasteiger partial charge in [-0.3, -0.25) is 29.0 Å². The third-order valence-electron chi connectivity index (χ3n) is 5.27. The van der Waals surface area contributed by atoms with Gasteiger partial charge in [0.2, 0.25) is 5.91 Å². The molecule has 0 bridgehead atoms. The topological polar surface area (TPSA) is 154 Å². The van der Waals surface area contributed by atoms with Crippen LogP contribution in [-0.2, 0) is 39.9 Å². The van der Waals surface area contributed by atoms with Gasteiger partial charge in [0.1, 0.15) is 30.3 Å². The second-order valence-corrected chi connectivity index (χ2v) is 8.93. The standard InChI is InChI=1S/C22H26N4O9S/c1-4-33-22(32)24(3)12-35-21(31)18-14(10-34-13(2)28)11-36-20-17(19(30)26(18)20)23-16(29)8-25-7-5-6-15(25)9-27/h5-7,9,17,20H,4,8,10-12H2,1-3H3,(H,23,29). The van der Waals surface area contributed by atoms with Crippen LogP contribution in [0.15, 0.2) is 29.6 Å². The van der Waals surface area contributed by atoms with E-state index in [-0.39, 0.29) is 31.2 Å². The molecule has 13 nitrogen and oxygen atoms in total. The normalized spacial score (nSPS) is 18.5. The first-order valence-electron chi connectivity index (χ1n) is 10.9. The number of β-lactam (4-membered cyclic amide) rings is 1. The predicted octanol–water partition coefficient (Wildman–Crippen LogP) is 0.107. The number of ether oxygens (including phenoxy) is 3. The number of hydrogen-bond acceptors (Lipinski definition) is 10. The highest BCUT2D eigenvalue weighted by atomic mass is 32.2. The lowest BCUT2D eigenvalue weighted by atomic mass is 10.0. The molecule has 1 fully saturated rings. The highest BCUT2D eigenvalue weighted by Gasteiger charge is 2.54. The Morgan fingerprint density at radius 3 is 2.67 bits per heavy atom. The number of rotatable bonds is 10. The minimum absolute atomic E-state index is 0.0959. The molecule has 1 aromatic heterocycles. The SMILES string of the molecule is CCOC(=O)N(C)COC(=O)C1=C(COC(C)=O)CSC2C(NC(=O)Cn3cccc3C=O)C(=O)N12. The number of carbonyl (C=O) groups is 6. The van der Waals surface area contributed by atoms with Crippen LogP contribution in [0.3, 0.4) is 0 Å². The molecular weight excluding hydrogens is 496 g/mol. The highest BCUT2D eigenvalue weighted by molar-refractivity contribution is 8.00. The van der Waals surface area contributed by atoms with Crippen molar-refractivity contribution in [2.24, 2.45) is 0 Å². The van der Waals surface area contributed by atoms with Gasteiger partial charge in [-0.25, -0.2) is 9.59 Å². The van der Waals surface area contributed by atoms with Crippen LogP contribution >= 0.6 is 11.8 Å². The Bertz CT molecular complexity index is 1100. The van der Waals surface area contributed by atoms with Crippen molar-refractivity contribution >= 4 is 47.9 Å². The molecule has 0 spiro atoms. The molecule has 3 rings (SSSR count). The minimum Gasteiger partial charge on any atom is -0.461 e. The molecule has 0 aromatic carbocycles. The molecule has 2 aliphatic rings. The van der Waals surface area contributed by atoms with E-state index in [1.165, 1.54) is 35.2 Å². The summed E-state index contributed by atoms with van der Waals surface area (Å²) in [7, 11) is 1.38.